The Morgan fingerprint density at radius 2 is 1.82 bits per heavy atom. The molecule has 2 aromatic carbocycles. The van der Waals surface area contributed by atoms with Gasteiger partial charge in [-0.1, -0.05) is 55.7 Å². The molecule has 3 aromatic rings. The lowest BCUT2D eigenvalue weighted by molar-refractivity contribution is -0.127. The maximum Gasteiger partial charge on any atom is 0.248 e. The number of ether oxygens (including phenoxy) is 1. The summed E-state index contributed by atoms with van der Waals surface area (Å²) < 4.78 is 5.43. The van der Waals surface area contributed by atoms with Crippen LogP contribution in [0.4, 0.5) is 5.69 Å². The molecule has 1 aliphatic carbocycles. The molecule has 4 rings (SSSR count). The minimum atomic E-state index is -0.795. The maximum atomic E-state index is 13.8. The van der Waals surface area contributed by atoms with Crippen LogP contribution in [0.2, 0.25) is 0 Å². The van der Waals surface area contributed by atoms with Gasteiger partial charge in [-0.2, -0.15) is 0 Å². The van der Waals surface area contributed by atoms with E-state index in [2.05, 4.69) is 5.32 Å². The van der Waals surface area contributed by atoms with Gasteiger partial charge >= 0.3 is 0 Å². The Bertz CT molecular complexity index is 1050. The fourth-order valence-corrected chi connectivity index (χ4v) is 5.13. The number of methoxy groups -OCH3 is 1. The normalized spacial score (nSPS) is 14.9. The molecule has 1 saturated carbocycles. The third kappa shape index (κ3) is 5.82. The molecular formula is C27H30N2O3S. The molecule has 0 saturated heterocycles. The average molecular weight is 463 g/mol. The molecule has 0 radical (unpaired) electrons. The van der Waals surface area contributed by atoms with Crippen LogP contribution in [-0.4, -0.2) is 25.0 Å². The lowest BCUT2D eigenvalue weighted by Gasteiger charge is -2.33. The van der Waals surface area contributed by atoms with Crippen molar-refractivity contribution >= 4 is 28.8 Å². The van der Waals surface area contributed by atoms with Crippen LogP contribution in [-0.2, 0) is 16.0 Å². The van der Waals surface area contributed by atoms with Crippen molar-refractivity contribution in [3.63, 3.8) is 0 Å². The highest BCUT2D eigenvalue weighted by Crippen LogP contribution is 2.31. The number of amides is 2. The highest BCUT2D eigenvalue weighted by Gasteiger charge is 2.34. The summed E-state index contributed by atoms with van der Waals surface area (Å²) in [4.78, 5) is 30.1. The van der Waals surface area contributed by atoms with Gasteiger partial charge in [0.2, 0.25) is 11.8 Å². The van der Waals surface area contributed by atoms with Gasteiger partial charge < -0.3 is 10.1 Å². The van der Waals surface area contributed by atoms with Gasteiger partial charge in [0.15, 0.2) is 0 Å². The summed E-state index contributed by atoms with van der Waals surface area (Å²) in [6, 6.07) is 20.1. The van der Waals surface area contributed by atoms with Crippen molar-refractivity contribution in [2.24, 2.45) is 0 Å². The van der Waals surface area contributed by atoms with Gasteiger partial charge in [0.1, 0.15) is 11.8 Å². The van der Waals surface area contributed by atoms with Crippen LogP contribution in [0.15, 0.2) is 72.1 Å². The Hall–Kier alpha value is -3.12. The molecule has 0 bridgehead atoms. The summed E-state index contributed by atoms with van der Waals surface area (Å²) in [6.07, 6.45) is 5.64. The Balaban J connectivity index is 1.74. The summed E-state index contributed by atoms with van der Waals surface area (Å²) >= 11 is 1.55. The molecule has 0 aliphatic heterocycles. The molecule has 1 atom stereocenters. The molecule has 6 heteroatoms. The highest BCUT2D eigenvalue weighted by atomic mass is 32.1. The third-order valence-electron chi connectivity index (χ3n) is 6.08. The monoisotopic (exact) mass is 462 g/mol. The molecule has 1 heterocycles. The van der Waals surface area contributed by atoms with E-state index < -0.39 is 6.04 Å². The number of hydrogen-bond donors (Lipinski definition) is 1. The Morgan fingerprint density at radius 1 is 1.03 bits per heavy atom. The van der Waals surface area contributed by atoms with Crippen LogP contribution in [0.5, 0.6) is 5.75 Å². The van der Waals surface area contributed by atoms with E-state index in [4.69, 9.17) is 4.74 Å². The van der Waals surface area contributed by atoms with Crippen LogP contribution < -0.4 is 15.0 Å². The van der Waals surface area contributed by atoms with Gasteiger partial charge in [0.05, 0.1) is 13.5 Å². The minimum Gasteiger partial charge on any atom is -0.497 e. The SMILES string of the molecule is COc1cccc([C@H](C(=O)NC2CCCCC2)N(C(=O)Cc2cccs2)c2ccccc2)c1. The highest BCUT2D eigenvalue weighted by molar-refractivity contribution is 7.10. The zero-order chi connectivity index (χ0) is 23.0. The molecule has 33 heavy (non-hydrogen) atoms. The van der Waals surface area contributed by atoms with Crippen molar-refractivity contribution < 1.29 is 14.3 Å². The lowest BCUT2D eigenvalue weighted by atomic mass is 9.94. The second-order valence-electron chi connectivity index (χ2n) is 8.38. The Morgan fingerprint density at radius 3 is 2.52 bits per heavy atom. The van der Waals surface area contributed by atoms with Crippen LogP contribution in [0, 0.1) is 0 Å². The van der Waals surface area contributed by atoms with E-state index >= 15 is 0 Å². The van der Waals surface area contributed by atoms with Crippen molar-refractivity contribution in [2.75, 3.05) is 12.0 Å². The third-order valence-corrected chi connectivity index (χ3v) is 6.95. The Labute approximate surface area is 199 Å². The average Bonchev–Trinajstić information content (AvgIpc) is 3.36. The van der Waals surface area contributed by atoms with Crippen molar-refractivity contribution in [1.82, 2.24) is 5.32 Å². The summed E-state index contributed by atoms with van der Waals surface area (Å²) in [7, 11) is 1.60. The van der Waals surface area contributed by atoms with Crippen LogP contribution >= 0.6 is 11.3 Å². The first-order chi connectivity index (χ1) is 16.2. The predicted molar refractivity (Wildman–Crippen MR) is 133 cm³/mol. The second-order valence-corrected chi connectivity index (χ2v) is 9.41. The summed E-state index contributed by atoms with van der Waals surface area (Å²) in [5, 5.41) is 5.21. The van der Waals surface area contributed by atoms with E-state index in [1.807, 2.05) is 72.1 Å². The van der Waals surface area contributed by atoms with E-state index in [0.717, 1.165) is 36.1 Å². The largest absolute Gasteiger partial charge is 0.497 e. The van der Waals surface area contributed by atoms with E-state index in [9.17, 15) is 9.59 Å². The molecule has 0 spiro atoms. The number of nitrogens with zero attached hydrogens (tertiary/aromatic N) is 1. The minimum absolute atomic E-state index is 0.115. The first kappa shape index (κ1) is 23.1. The summed E-state index contributed by atoms with van der Waals surface area (Å²) in [6.45, 7) is 0. The van der Waals surface area contributed by atoms with E-state index in [1.165, 1.54) is 6.42 Å². The van der Waals surface area contributed by atoms with Gasteiger partial charge in [0, 0.05) is 16.6 Å². The number of benzene rings is 2. The number of nitrogens with one attached hydrogen (secondary N) is 1. The number of rotatable bonds is 8. The molecule has 0 unspecified atom stereocenters. The van der Waals surface area contributed by atoms with Crippen LogP contribution in [0.25, 0.3) is 0 Å². The maximum absolute atomic E-state index is 13.8. The second kappa shape index (κ2) is 11.1. The van der Waals surface area contributed by atoms with Gasteiger partial charge in [-0.25, -0.2) is 0 Å². The van der Waals surface area contributed by atoms with Gasteiger partial charge in [-0.3, -0.25) is 14.5 Å². The quantitative estimate of drug-likeness (QED) is 0.479. The molecule has 172 valence electrons. The fourth-order valence-electron chi connectivity index (χ4n) is 4.43. The fraction of sp³-hybridized carbons (Fsp3) is 0.333. The number of carbonyl (C=O) groups is 2. The summed E-state index contributed by atoms with van der Waals surface area (Å²) in [5.41, 5.74) is 1.43. The zero-order valence-electron chi connectivity index (χ0n) is 18.9. The number of thiophene rings is 1. The van der Waals surface area contributed by atoms with Gasteiger partial charge in [-0.05, 0) is 54.1 Å². The predicted octanol–water partition coefficient (Wildman–Crippen LogP) is 5.52. The first-order valence-electron chi connectivity index (χ1n) is 11.5. The van der Waals surface area contributed by atoms with Crippen molar-refractivity contribution in [1.29, 1.82) is 0 Å². The molecule has 1 fully saturated rings. The Kier molecular flexibility index (Phi) is 7.79. The number of anilines is 1. The number of para-hydroxylation sites is 1. The molecule has 1 N–H and O–H groups in total. The topological polar surface area (TPSA) is 58.6 Å². The number of carbonyl (C=O) groups excluding carboxylic acids is 2. The van der Waals surface area contributed by atoms with Gasteiger partial charge in [0.25, 0.3) is 0 Å². The molecule has 2 amide bonds. The van der Waals surface area contributed by atoms with Crippen molar-refractivity contribution in [3.8, 4) is 5.75 Å². The van der Waals surface area contributed by atoms with E-state index in [-0.39, 0.29) is 24.3 Å². The molecular weight excluding hydrogens is 432 g/mol. The molecule has 5 nitrogen and oxygen atoms in total. The molecule has 1 aromatic heterocycles. The first-order valence-corrected chi connectivity index (χ1v) is 12.4. The number of hydrogen-bond acceptors (Lipinski definition) is 4. The van der Waals surface area contributed by atoms with E-state index in [0.29, 0.717) is 11.4 Å². The van der Waals surface area contributed by atoms with E-state index in [1.54, 1.807) is 23.3 Å². The van der Waals surface area contributed by atoms with Crippen molar-refractivity contribution in [2.45, 2.75) is 50.6 Å². The van der Waals surface area contributed by atoms with Crippen LogP contribution in [0.1, 0.15) is 48.6 Å². The van der Waals surface area contributed by atoms with Crippen molar-refractivity contribution in [3.05, 3.63) is 82.6 Å². The smallest absolute Gasteiger partial charge is 0.248 e. The molecule has 1 aliphatic rings. The standard InChI is InChI=1S/C27H30N2O3S/c1-32-23-15-8-10-20(18-23)26(27(31)28-21-11-4-2-5-12-21)29(22-13-6-3-7-14-22)25(30)19-24-16-9-17-33-24/h3,6-10,13-18,21,26H,2,4-5,11-12,19H2,1H3,(H,28,31)/t26-/m1/s1. The summed E-state index contributed by atoms with van der Waals surface area (Å²) in [5.74, 6) is 0.385. The zero-order valence-corrected chi connectivity index (χ0v) is 19.7. The lowest BCUT2D eigenvalue weighted by Crippen LogP contribution is -2.47. The van der Waals surface area contributed by atoms with Gasteiger partial charge in [-0.15, -0.1) is 11.3 Å². The van der Waals surface area contributed by atoms with Crippen LogP contribution in [0.3, 0.4) is 0 Å².